The SMILES string of the molecule is O=C(CCc1cc(-c2ccc(F)cc2F)[nH]c1-c1ccc(Cl)cc1)NC1CCNC1=O. The number of hydrogen-bond acceptors (Lipinski definition) is 2. The van der Waals surface area contributed by atoms with Crippen molar-refractivity contribution in [1.82, 2.24) is 15.6 Å². The standard InChI is InChI=1S/C23H20ClF2N3O2/c24-15-4-1-13(2-5-15)22-14(3-8-21(30)28-19-9-10-27-23(19)31)11-20(29-22)17-7-6-16(25)12-18(17)26/h1-2,4-7,11-12,19,29H,3,8-10H2,(H,27,31)(H,28,30). The number of amides is 2. The molecule has 1 atom stereocenters. The van der Waals surface area contributed by atoms with Crippen molar-refractivity contribution < 1.29 is 18.4 Å². The van der Waals surface area contributed by atoms with Crippen molar-refractivity contribution in [2.75, 3.05) is 6.54 Å². The zero-order valence-electron chi connectivity index (χ0n) is 16.5. The molecule has 2 aromatic carbocycles. The summed E-state index contributed by atoms with van der Waals surface area (Å²) < 4.78 is 27.7. The topological polar surface area (TPSA) is 74.0 Å². The van der Waals surface area contributed by atoms with E-state index >= 15 is 0 Å². The van der Waals surface area contributed by atoms with E-state index in [1.807, 2.05) is 12.1 Å². The Bertz CT molecular complexity index is 1130. The van der Waals surface area contributed by atoms with E-state index in [1.54, 1.807) is 18.2 Å². The smallest absolute Gasteiger partial charge is 0.242 e. The van der Waals surface area contributed by atoms with E-state index in [0.717, 1.165) is 22.9 Å². The number of aromatic amines is 1. The number of hydrogen-bond donors (Lipinski definition) is 3. The zero-order valence-corrected chi connectivity index (χ0v) is 17.2. The van der Waals surface area contributed by atoms with Gasteiger partial charge in [-0.25, -0.2) is 8.78 Å². The average molecular weight is 444 g/mol. The van der Waals surface area contributed by atoms with Gasteiger partial charge < -0.3 is 15.6 Å². The Morgan fingerprint density at radius 1 is 1.13 bits per heavy atom. The third-order valence-electron chi connectivity index (χ3n) is 5.26. The van der Waals surface area contributed by atoms with Gasteiger partial charge in [0.15, 0.2) is 0 Å². The summed E-state index contributed by atoms with van der Waals surface area (Å²) in [7, 11) is 0. The lowest BCUT2D eigenvalue weighted by molar-refractivity contribution is -0.127. The first-order chi connectivity index (χ1) is 14.9. The molecular formula is C23H20ClF2N3O2. The second kappa shape index (κ2) is 8.89. The quantitative estimate of drug-likeness (QED) is 0.533. The third-order valence-corrected chi connectivity index (χ3v) is 5.51. The molecule has 0 radical (unpaired) electrons. The maximum atomic E-state index is 14.3. The van der Waals surface area contributed by atoms with Crippen LogP contribution in [0.15, 0.2) is 48.5 Å². The van der Waals surface area contributed by atoms with E-state index in [0.29, 0.717) is 30.1 Å². The van der Waals surface area contributed by atoms with Crippen LogP contribution in [0.1, 0.15) is 18.4 Å². The lowest BCUT2D eigenvalue weighted by Gasteiger charge is -2.10. The molecule has 2 amide bonds. The van der Waals surface area contributed by atoms with E-state index in [-0.39, 0.29) is 23.8 Å². The summed E-state index contributed by atoms with van der Waals surface area (Å²) in [5, 5.41) is 6.00. The molecule has 1 aliphatic heterocycles. The number of H-pyrrole nitrogens is 1. The molecular weight excluding hydrogens is 424 g/mol. The highest BCUT2D eigenvalue weighted by Gasteiger charge is 2.25. The average Bonchev–Trinajstić information content (AvgIpc) is 3.33. The van der Waals surface area contributed by atoms with Crippen LogP contribution in [0.4, 0.5) is 8.78 Å². The van der Waals surface area contributed by atoms with Gasteiger partial charge in [0.25, 0.3) is 0 Å². The molecule has 1 aliphatic rings. The molecule has 0 saturated carbocycles. The van der Waals surface area contributed by atoms with Crippen molar-refractivity contribution in [3.8, 4) is 22.5 Å². The monoisotopic (exact) mass is 443 g/mol. The molecule has 160 valence electrons. The summed E-state index contributed by atoms with van der Waals surface area (Å²) in [4.78, 5) is 27.2. The maximum Gasteiger partial charge on any atom is 0.242 e. The molecule has 0 spiro atoms. The molecule has 31 heavy (non-hydrogen) atoms. The molecule has 8 heteroatoms. The van der Waals surface area contributed by atoms with Gasteiger partial charge in [-0.3, -0.25) is 9.59 Å². The van der Waals surface area contributed by atoms with Crippen molar-refractivity contribution in [1.29, 1.82) is 0 Å². The van der Waals surface area contributed by atoms with Crippen LogP contribution in [0.25, 0.3) is 22.5 Å². The minimum atomic E-state index is -0.680. The summed E-state index contributed by atoms with van der Waals surface area (Å²) in [6, 6.07) is 11.8. The van der Waals surface area contributed by atoms with Crippen molar-refractivity contribution in [2.45, 2.75) is 25.3 Å². The molecule has 0 aliphatic carbocycles. The largest absolute Gasteiger partial charge is 0.354 e. The Kier molecular flexibility index (Phi) is 6.04. The van der Waals surface area contributed by atoms with Crippen LogP contribution in [-0.4, -0.2) is 29.4 Å². The number of aryl methyl sites for hydroxylation is 1. The predicted octanol–water partition coefficient (Wildman–Crippen LogP) is 4.22. The van der Waals surface area contributed by atoms with Crippen LogP contribution in [0.5, 0.6) is 0 Å². The van der Waals surface area contributed by atoms with Gasteiger partial charge >= 0.3 is 0 Å². The van der Waals surface area contributed by atoms with Crippen molar-refractivity contribution >= 4 is 23.4 Å². The van der Waals surface area contributed by atoms with E-state index < -0.39 is 17.7 Å². The van der Waals surface area contributed by atoms with Gasteiger partial charge in [-0.2, -0.15) is 0 Å². The molecule has 1 unspecified atom stereocenters. The summed E-state index contributed by atoms with van der Waals surface area (Å²) in [6.45, 7) is 0.550. The highest BCUT2D eigenvalue weighted by Crippen LogP contribution is 2.32. The Labute approximate surface area is 182 Å². The normalized spacial score (nSPS) is 15.7. The number of carbonyl (C=O) groups excluding carboxylic acids is 2. The molecule has 5 nitrogen and oxygen atoms in total. The van der Waals surface area contributed by atoms with E-state index in [4.69, 9.17) is 11.6 Å². The van der Waals surface area contributed by atoms with Gasteiger partial charge in [0, 0.05) is 41.0 Å². The minimum Gasteiger partial charge on any atom is -0.354 e. The number of nitrogens with one attached hydrogen (secondary N) is 3. The molecule has 4 rings (SSSR count). The molecule has 2 heterocycles. The Morgan fingerprint density at radius 3 is 2.58 bits per heavy atom. The van der Waals surface area contributed by atoms with E-state index in [2.05, 4.69) is 15.6 Å². The molecule has 1 saturated heterocycles. The van der Waals surface area contributed by atoms with Gasteiger partial charge in [-0.15, -0.1) is 0 Å². The number of halogens is 3. The van der Waals surface area contributed by atoms with Crippen LogP contribution < -0.4 is 10.6 Å². The van der Waals surface area contributed by atoms with E-state index in [9.17, 15) is 18.4 Å². The first-order valence-corrected chi connectivity index (χ1v) is 10.3. The lowest BCUT2D eigenvalue weighted by atomic mass is 10.0. The molecule has 1 fully saturated rings. The van der Waals surface area contributed by atoms with Gasteiger partial charge in [0.05, 0.1) is 0 Å². The molecule has 0 bridgehead atoms. The van der Waals surface area contributed by atoms with Gasteiger partial charge in [-0.1, -0.05) is 23.7 Å². The van der Waals surface area contributed by atoms with Crippen LogP contribution in [0.3, 0.4) is 0 Å². The van der Waals surface area contributed by atoms with E-state index in [1.165, 1.54) is 12.1 Å². The van der Waals surface area contributed by atoms with Crippen molar-refractivity contribution in [3.05, 3.63) is 70.8 Å². The molecule has 3 N–H and O–H groups in total. The fourth-order valence-electron chi connectivity index (χ4n) is 3.67. The zero-order chi connectivity index (χ0) is 22.0. The molecule has 3 aromatic rings. The first-order valence-electron chi connectivity index (χ1n) is 9.91. The Balaban J connectivity index is 1.60. The van der Waals surface area contributed by atoms with Crippen LogP contribution in [0, 0.1) is 11.6 Å². The maximum absolute atomic E-state index is 14.3. The fraction of sp³-hybridized carbons (Fsp3) is 0.217. The van der Waals surface area contributed by atoms with Crippen molar-refractivity contribution in [2.24, 2.45) is 0 Å². The van der Waals surface area contributed by atoms with Crippen molar-refractivity contribution in [3.63, 3.8) is 0 Å². The second-order valence-electron chi connectivity index (χ2n) is 7.41. The highest BCUT2D eigenvalue weighted by molar-refractivity contribution is 6.30. The number of aromatic nitrogens is 1. The fourth-order valence-corrected chi connectivity index (χ4v) is 3.79. The first kappa shape index (κ1) is 21.1. The summed E-state index contributed by atoms with van der Waals surface area (Å²) in [5.74, 6) is -1.75. The lowest BCUT2D eigenvalue weighted by Crippen LogP contribution is -2.40. The Hall–Kier alpha value is -3.19. The summed E-state index contributed by atoms with van der Waals surface area (Å²) >= 11 is 5.99. The molecule has 1 aromatic heterocycles. The van der Waals surface area contributed by atoms with Crippen LogP contribution in [0.2, 0.25) is 5.02 Å². The second-order valence-corrected chi connectivity index (χ2v) is 7.85. The summed E-state index contributed by atoms with van der Waals surface area (Å²) in [5.41, 5.74) is 3.06. The third kappa shape index (κ3) is 4.77. The summed E-state index contributed by atoms with van der Waals surface area (Å²) in [6.07, 6.45) is 1.10. The van der Waals surface area contributed by atoms with Gasteiger partial charge in [0.1, 0.15) is 17.7 Å². The van der Waals surface area contributed by atoms with Crippen LogP contribution in [-0.2, 0) is 16.0 Å². The van der Waals surface area contributed by atoms with Crippen LogP contribution >= 0.6 is 11.6 Å². The minimum absolute atomic E-state index is 0.160. The predicted molar refractivity (Wildman–Crippen MR) is 114 cm³/mol. The Morgan fingerprint density at radius 2 is 1.90 bits per heavy atom. The highest BCUT2D eigenvalue weighted by atomic mass is 35.5. The van der Waals surface area contributed by atoms with Gasteiger partial charge in [0.2, 0.25) is 11.8 Å². The number of carbonyl (C=O) groups is 2. The number of benzene rings is 2. The number of rotatable bonds is 6. The van der Waals surface area contributed by atoms with Gasteiger partial charge in [-0.05, 0) is 54.3 Å².